The molecule has 1 aliphatic carbocycles. The molecule has 1 atom stereocenters. The second kappa shape index (κ2) is 8.54. The van der Waals surface area contributed by atoms with Gasteiger partial charge in [0.2, 0.25) is 5.91 Å². The van der Waals surface area contributed by atoms with Crippen molar-refractivity contribution in [3.8, 4) is 0 Å². The number of nitrogens with zero attached hydrogens (tertiary/aromatic N) is 1. The van der Waals surface area contributed by atoms with E-state index in [4.69, 9.17) is 5.73 Å². The van der Waals surface area contributed by atoms with Crippen LogP contribution in [-0.4, -0.2) is 42.5 Å². The first kappa shape index (κ1) is 16.4. The van der Waals surface area contributed by atoms with Gasteiger partial charge in [0.25, 0.3) is 0 Å². The van der Waals surface area contributed by atoms with Crippen LogP contribution < -0.4 is 11.1 Å². The molecule has 0 spiro atoms. The zero-order valence-corrected chi connectivity index (χ0v) is 12.8. The Labute approximate surface area is 118 Å². The summed E-state index contributed by atoms with van der Waals surface area (Å²) < 4.78 is 0. The summed E-state index contributed by atoms with van der Waals surface area (Å²) >= 11 is 0. The van der Waals surface area contributed by atoms with Crippen LogP contribution in [0.25, 0.3) is 0 Å². The molecule has 0 bridgehead atoms. The molecule has 0 aromatic heterocycles. The highest BCUT2D eigenvalue weighted by Gasteiger charge is 2.21. The van der Waals surface area contributed by atoms with Crippen molar-refractivity contribution in [2.75, 3.05) is 19.6 Å². The SMILES string of the molecule is CCN(CC)CC(C)NC(=O)CC1CCC(N)CC1. The number of rotatable bonds is 7. The first-order valence-corrected chi connectivity index (χ1v) is 7.82. The van der Waals surface area contributed by atoms with Crippen molar-refractivity contribution in [1.82, 2.24) is 10.2 Å². The van der Waals surface area contributed by atoms with Crippen molar-refractivity contribution < 1.29 is 4.79 Å². The Morgan fingerprint density at radius 3 is 2.37 bits per heavy atom. The van der Waals surface area contributed by atoms with E-state index in [1.807, 2.05) is 0 Å². The van der Waals surface area contributed by atoms with Gasteiger partial charge in [-0.2, -0.15) is 0 Å². The number of carbonyl (C=O) groups excluding carboxylic acids is 1. The second-order valence-electron chi connectivity index (χ2n) is 5.94. The normalized spacial score (nSPS) is 25.3. The average Bonchev–Trinajstić information content (AvgIpc) is 2.38. The van der Waals surface area contributed by atoms with Crippen molar-refractivity contribution >= 4 is 5.91 Å². The smallest absolute Gasteiger partial charge is 0.220 e. The van der Waals surface area contributed by atoms with Gasteiger partial charge in [-0.15, -0.1) is 0 Å². The van der Waals surface area contributed by atoms with Crippen molar-refractivity contribution in [3.63, 3.8) is 0 Å². The minimum absolute atomic E-state index is 0.208. The number of likely N-dealkylation sites (N-methyl/N-ethyl adjacent to an activating group) is 1. The van der Waals surface area contributed by atoms with Crippen molar-refractivity contribution in [3.05, 3.63) is 0 Å². The summed E-state index contributed by atoms with van der Waals surface area (Å²) in [6.07, 6.45) is 5.05. The number of hydrogen-bond donors (Lipinski definition) is 2. The number of nitrogens with two attached hydrogens (primary N) is 1. The summed E-state index contributed by atoms with van der Waals surface area (Å²) in [5.74, 6) is 0.751. The Balaban J connectivity index is 2.22. The standard InChI is InChI=1S/C15H31N3O/c1-4-18(5-2)11-12(3)17-15(19)10-13-6-8-14(16)9-7-13/h12-14H,4-11,16H2,1-3H3,(H,17,19). The largest absolute Gasteiger partial charge is 0.352 e. The molecule has 0 saturated heterocycles. The summed E-state index contributed by atoms with van der Waals surface area (Å²) in [6, 6.07) is 0.596. The van der Waals surface area contributed by atoms with E-state index in [0.29, 0.717) is 18.4 Å². The minimum Gasteiger partial charge on any atom is -0.352 e. The number of hydrogen-bond acceptors (Lipinski definition) is 3. The number of amides is 1. The van der Waals surface area contributed by atoms with Crippen molar-refractivity contribution in [2.24, 2.45) is 11.7 Å². The van der Waals surface area contributed by atoms with E-state index in [2.05, 4.69) is 31.0 Å². The van der Waals surface area contributed by atoms with Crippen LogP contribution in [0.2, 0.25) is 0 Å². The Morgan fingerprint density at radius 2 is 1.84 bits per heavy atom. The van der Waals surface area contributed by atoms with Crippen molar-refractivity contribution in [1.29, 1.82) is 0 Å². The van der Waals surface area contributed by atoms with Crippen LogP contribution >= 0.6 is 0 Å². The summed E-state index contributed by atoms with van der Waals surface area (Å²) in [5.41, 5.74) is 5.89. The van der Waals surface area contributed by atoms with Gasteiger partial charge in [-0.3, -0.25) is 4.79 Å². The van der Waals surface area contributed by atoms with Gasteiger partial charge in [-0.05, 0) is 51.6 Å². The third kappa shape index (κ3) is 6.39. The van der Waals surface area contributed by atoms with Crippen LogP contribution in [0.1, 0.15) is 52.9 Å². The highest BCUT2D eigenvalue weighted by atomic mass is 16.1. The Kier molecular flexibility index (Phi) is 7.39. The van der Waals surface area contributed by atoms with E-state index >= 15 is 0 Å². The van der Waals surface area contributed by atoms with E-state index in [-0.39, 0.29) is 11.9 Å². The molecular formula is C15H31N3O. The Morgan fingerprint density at radius 1 is 1.26 bits per heavy atom. The molecule has 1 fully saturated rings. The molecule has 19 heavy (non-hydrogen) atoms. The zero-order valence-electron chi connectivity index (χ0n) is 12.8. The third-order valence-corrected chi connectivity index (χ3v) is 4.20. The number of carbonyl (C=O) groups is 1. The molecule has 112 valence electrons. The van der Waals surface area contributed by atoms with Gasteiger partial charge in [0, 0.05) is 25.0 Å². The van der Waals surface area contributed by atoms with Gasteiger partial charge >= 0.3 is 0 Å². The third-order valence-electron chi connectivity index (χ3n) is 4.20. The lowest BCUT2D eigenvalue weighted by atomic mass is 9.84. The van der Waals surface area contributed by atoms with E-state index < -0.39 is 0 Å². The molecule has 0 heterocycles. The first-order chi connectivity index (χ1) is 9.05. The Bertz CT molecular complexity index is 258. The van der Waals surface area contributed by atoms with Crippen LogP contribution in [-0.2, 0) is 4.79 Å². The maximum Gasteiger partial charge on any atom is 0.220 e. The molecule has 0 aromatic carbocycles. The predicted octanol–water partition coefficient (Wildman–Crippen LogP) is 1.74. The molecule has 4 heteroatoms. The van der Waals surface area contributed by atoms with E-state index in [9.17, 15) is 4.79 Å². The van der Waals surface area contributed by atoms with Gasteiger partial charge in [-0.1, -0.05) is 13.8 Å². The topological polar surface area (TPSA) is 58.4 Å². The van der Waals surface area contributed by atoms with Crippen LogP contribution in [0, 0.1) is 5.92 Å². The average molecular weight is 269 g/mol. The molecule has 1 rings (SSSR count). The minimum atomic E-state index is 0.208. The zero-order chi connectivity index (χ0) is 14.3. The van der Waals surface area contributed by atoms with Gasteiger partial charge in [0.05, 0.1) is 0 Å². The van der Waals surface area contributed by atoms with E-state index in [0.717, 1.165) is 45.3 Å². The molecule has 0 aliphatic heterocycles. The lowest BCUT2D eigenvalue weighted by Crippen LogP contribution is -2.42. The second-order valence-corrected chi connectivity index (χ2v) is 5.94. The predicted molar refractivity (Wildman–Crippen MR) is 79.9 cm³/mol. The lowest BCUT2D eigenvalue weighted by molar-refractivity contribution is -0.123. The fourth-order valence-corrected chi connectivity index (χ4v) is 2.90. The molecule has 1 saturated carbocycles. The van der Waals surface area contributed by atoms with Crippen molar-refractivity contribution in [2.45, 2.75) is 65.0 Å². The molecule has 1 aliphatic rings. The van der Waals surface area contributed by atoms with Crippen LogP contribution in [0.3, 0.4) is 0 Å². The maximum absolute atomic E-state index is 12.0. The molecule has 4 nitrogen and oxygen atoms in total. The maximum atomic E-state index is 12.0. The molecule has 0 radical (unpaired) electrons. The van der Waals surface area contributed by atoms with Gasteiger partial charge < -0.3 is 16.0 Å². The van der Waals surface area contributed by atoms with Gasteiger partial charge in [0.15, 0.2) is 0 Å². The van der Waals surface area contributed by atoms with Gasteiger partial charge in [0.1, 0.15) is 0 Å². The highest BCUT2D eigenvalue weighted by Crippen LogP contribution is 2.25. The highest BCUT2D eigenvalue weighted by molar-refractivity contribution is 5.76. The summed E-state index contributed by atoms with van der Waals surface area (Å²) in [4.78, 5) is 14.3. The Hall–Kier alpha value is -0.610. The molecule has 0 aromatic rings. The van der Waals surface area contributed by atoms with Crippen LogP contribution in [0.15, 0.2) is 0 Å². The lowest BCUT2D eigenvalue weighted by Gasteiger charge is -2.27. The fourth-order valence-electron chi connectivity index (χ4n) is 2.90. The summed E-state index contributed by atoms with van der Waals surface area (Å²) in [5, 5.41) is 3.13. The molecule has 1 unspecified atom stereocenters. The van der Waals surface area contributed by atoms with Crippen LogP contribution in [0.4, 0.5) is 0 Å². The van der Waals surface area contributed by atoms with E-state index in [1.54, 1.807) is 0 Å². The molecule has 3 N–H and O–H groups in total. The molecular weight excluding hydrogens is 238 g/mol. The summed E-state index contributed by atoms with van der Waals surface area (Å²) in [7, 11) is 0. The fraction of sp³-hybridized carbons (Fsp3) is 0.933. The van der Waals surface area contributed by atoms with E-state index in [1.165, 1.54) is 0 Å². The first-order valence-electron chi connectivity index (χ1n) is 7.82. The molecule has 1 amide bonds. The summed E-state index contributed by atoms with van der Waals surface area (Å²) in [6.45, 7) is 9.42. The van der Waals surface area contributed by atoms with Gasteiger partial charge in [-0.25, -0.2) is 0 Å². The van der Waals surface area contributed by atoms with Crippen LogP contribution in [0.5, 0.6) is 0 Å². The number of nitrogens with one attached hydrogen (secondary N) is 1. The quantitative estimate of drug-likeness (QED) is 0.740. The monoisotopic (exact) mass is 269 g/mol.